The number of carbonyl (C=O) groups is 1. The zero-order chi connectivity index (χ0) is 29.0. The Hall–Kier alpha value is -3.90. The highest BCUT2D eigenvalue weighted by Gasteiger charge is 2.44. The Morgan fingerprint density at radius 1 is 0.884 bits per heavy atom. The topological polar surface area (TPSA) is 57.2 Å². The molecule has 0 aliphatic carbocycles. The lowest BCUT2D eigenvalue weighted by Gasteiger charge is -2.45. The Morgan fingerprint density at radius 3 is 2.42 bits per heavy atom. The number of aryl methyl sites for hydroxylation is 1. The van der Waals surface area contributed by atoms with Crippen molar-refractivity contribution < 1.29 is 4.79 Å². The van der Waals surface area contributed by atoms with E-state index in [0.29, 0.717) is 18.1 Å². The third-order valence-electron chi connectivity index (χ3n) is 11.1. The van der Waals surface area contributed by atoms with Crippen molar-refractivity contribution in [1.29, 1.82) is 0 Å². The van der Waals surface area contributed by atoms with E-state index in [4.69, 9.17) is 4.98 Å². The minimum absolute atomic E-state index is 0.103. The number of hydrogen-bond acceptors (Lipinski definition) is 3. The molecule has 2 aromatic heterocycles. The summed E-state index contributed by atoms with van der Waals surface area (Å²) < 4.78 is 2.53. The average Bonchev–Trinajstić information content (AvgIpc) is 3.73. The van der Waals surface area contributed by atoms with E-state index in [1.165, 1.54) is 36.8 Å². The lowest BCUT2D eigenvalue weighted by atomic mass is 9.70. The number of para-hydroxylation sites is 2. The lowest BCUT2D eigenvalue weighted by Crippen LogP contribution is -2.49. The first-order valence-electron chi connectivity index (χ1n) is 16.2. The van der Waals surface area contributed by atoms with Crippen LogP contribution < -0.4 is 0 Å². The molecule has 0 spiro atoms. The maximum atomic E-state index is 13.7. The Kier molecular flexibility index (Phi) is 6.63. The van der Waals surface area contributed by atoms with Crippen molar-refractivity contribution >= 4 is 27.8 Å². The van der Waals surface area contributed by atoms with Crippen LogP contribution >= 0.6 is 0 Å². The number of hydrogen-bond donors (Lipinski definition) is 1. The molecule has 1 unspecified atom stereocenters. The third kappa shape index (κ3) is 4.58. The summed E-state index contributed by atoms with van der Waals surface area (Å²) in [5.74, 6) is 1.31. The van der Waals surface area contributed by atoms with E-state index >= 15 is 0 Å². The number of nitrogens with one attached hydrogen (secondary N) is 1. The molecule has 6 heteroatoms. The SMILES string of the molecule is Cc1nc2ccccc2n1C1C[C@H]2CC[C@@H](C1)N2CCC1(c2ccccc2)CCN(C(=O)c2cccc3[nH]ccc23)CC1. The maximum absolute atomic E-state index is 13.7. The van der Waals surface area contributed by atoms with Gasteiger partial charge in [0.15, 0.2) is 0 Å². The van der Waals surface area contributed by atoms with Crippen LogP contribution in [0.1, 0.15) is 72.7 Å². The van der Waals surface area contributed by atoms with Crippen molar-refractivity contribution in [2.45, 2.75) is 75.4 Å². The number of benzene rings is 3. The van der Waals surface area contributed by atoms with Crippen LogP contribution in [0.4, 0.5) is 0 Å². The number of nitrogens with zero attached hydrogens (tertiary/aromatic N) is 4. The van der Waals surface area contributed by atoms with Crippen LogP contribution in [0.2, 0.25) is 0 Å². The van der Waals surface area contributed by atoms with Crippen molar-refractivity contribution in [2.24, 2.45) is 0 Å². The lowest BCUT2D eigenvalue weighted by molar-refractivity contribution is 0.0608. The van der Waals surface area contributed by atoms with Crippen molar-refractivity contribution in [3.05, 3.63) is 102 Å². The number of H-pyrrole nitrogens is 1. The molecule has 1 N–H and O–H groups in total. The van der Waals surface area contributed by atoms with Gasteiger partial charge in [-0.1, -0.05) is 48.5 Å². The van der Waals surface area contributed by atoms with Crippen LogP contribution in [0, 0.1) is 6.92 Å². The largest absolute Gasteiger partial charge is 0.361 e. The minimum Gasteiger partial charge on any atom is -0.361 e. The summed E-state index contributed by atoms with van der Waals surface area (Å²) >= 11 is 0. The van der Waals surface area contributed by atoms with Crippen molar-refractivity contribution in [2.75, 3.05) is 19.6 Å². The first-order chi connectivity index (χ1) is 21.1. The van der Waals surface area contributed by atoms with Gasteiger partial charge in [-0.15, -0.1) is 0 Å². The molecule has 3 saturated heterocycles. The van der Waals surface area contributed by atoms with Gasteiger partial charge in [0.2, 0.25) is 0 Å². The summed E-state index contributed by atoms with van der Waals surface area (Å²) in [6.45, 7) is 4.91. The van der Waals surface area contributed by atoms with E-state index in [0.717, 1.165) is 66.7 Å². The third-order valence-corrected chi connectivity index (χ3v) is 11.1. The molecule has 220 valence electrons. The van der Waals surface area contributed by atoms with E-state index in [-0.39, 0.29) is 11.3 Å². The van der Waals surface area contributed by atoms with Gasteiger partial charge in [0.25, 0.3) is 5.91 Å². The zero-order valence-electron chi connectivity index (χ0n) is 25.1. The van der Waals surface area contributed by atoms with Gasteiger partial charge in [0.1, 0.15) is 5.82 Å². The number of imidazole rings is 1. The van der Waals surface area contributed by atoms with E-state index in [2.05, 4.69) is 80.9 Å². The van der Waals surface area contributed by atoms with Crippen molar-refractivity contribution in [1.82, 2.24) is 24.3 Å². The van der Waals surface area contributed by atoms with Gasteiger partial charge >= 0.3 is 0 Å². The second-order valence-electron chi connectivity index (χ2n) is 13.2. The van der Waals surface area contributed by atoms with Gasteiger partial charge < -0.3 is 14.5 Å². The van der Waals surface area contributed by atoms with Gasteiger partial charge in [-0.05, 0) is 99.7 Å². The minimum atomic E-state index is 0.103. The van der Waals surface area contributed by atoms with Gasteiger partial charge in [-0.2, -0.15) is 0 Å². The molecule has 6 nitrogen and oxygen atoms in total. The van der Waals surface area contributed by atoms with E-state index < -0.39 is 0 Å². The molecule has 3 atom stereocenters. The van der Waals surface area contributed by atoms with Crippen LogP contribution in [-0.4, -0.2) is 62.0 Å². The van der Waals surface area contributed by atoms with Crippen LogP contribution in [0.3, 0.4) is 0 Å². The molecular weight excluding hydrogens is 530 g/mol. The van der Waals surface area contributed by atoms with Crippen LogP contribution in [-0.2, 0) is 5.41 Å². The summed E-state index contributed by atoms with van der Waals surface area (Å²) in [6.07, 6.45) is 10.1. The smallest absolute Gasteiger partial charge is 0.254 e. The van der Waals surface area contributed by atoms with Crippen LogP contribution in [0.25, 0.3) is 21.9 Å². The molecule has 3 aliphatic rings. The Balaban J connectivity index is 0.990. The number of carbonyl (C=O) groups excluding carboxylic acids is 1. The highest BCUT2D eigenvalue weighted by molar-refractivity contribution is 6.06. The molecule has 43 heavy (non-hydrogen) atoms. The number of amides is 1. The summed E-state index contributed by atoms with van der Waals surface area (Å²) in [4.78, 5) is 26.8. The summed E-state index contributed by atoms with van der Waals surface area (Å²) in [7, 11) is 0. The fourth-order valence-corrected chi connectivity index (χ4v) is 8.85. The number of aromatic nitrogens is 3. The van der Waals surface area contributed by atoms with Gasteiger partial charge in [0.05, 0.1) is 11.0 Å². The first kappa shape index (κ1) is 26.7. The number of piperidine rings is 2. The van der Waals surface area contributed by atoms with E-state index in [1.54, 1.807) is 0 Å². The summed E-state index contributed by atoms with van der Waals surface area (Å²) in [6, 6.07) is 29.6. The molecule has 3 aromatic carbocycles. The number of likely N-dealkylation sites (tertiary alicyclic amines) is 1. The predicted octanol–water partition coefficient (Wildman–Crippen LogP) is 7.26. The first-order valence-corrected chi connectivity index (χ1v) is 16.2. The predicted molar refractivity (Wildman–Crippen MR) is 172 cm³/mol. The molecule has 8 rings (SSSR count). The van der Waals surface area contributed by atoms with Crippen LogP contribution in [0.15, 0.2) is 85.1 Å². The highest BCUT2D eigenvalue weighted by atomic mass is 16.2. The fraction of sp³-hybridized carbons (Fsp3) is 0.405. The highest BCUT2D eigenvalue weighted by Crippen LogP contribution is 2.45. The molecule has 0 saturated carbocycles. The molecule has 3 fully saturated rings. The molecule has 1 amide bonds. The monoisotopic (exact) mass is 571 g/mol. The van der Waals surface area contributed by atoms with Gasteiger partial charge in [-0.25, -0.2) is 4.98 Å². The average molecular weight is 572 g/mol. The van der Waals surface area contributed by atoms with Gasteiger partial charge in [-0.3, -0.25) is 9.69 Å². The molecular formula is C37H41N5O. The normalized spacial score (nSPS) is 23.7. The van der Waals surface area contributed by atoms with E-state index in [1.807, 2.05) is 30.5 Å². The summed E-state index contributed by atoms with van der Waals surface area (Å²) in [5.41, 5.74) is 5.79. The quantitative estimate of drug-likeness (QED) is 0.233. The molecule has 5 heterocycles. The van der Waals surface area contributed by atoms with Crippen molar-refractivity contribution in [3.63, 3.8) is 0 Å². The molecule has 5 aromatic rings. The summed E-state index contributed by atoms with van der Waals surface area (Å²) in [5, 5.41) is 1.02. The second kappa shape index (κ2) is 10.7. The number of fused-ring (bicyclic) bond motifs is 4. The Bertz CT molecular complexity index is 1750. The second-order valence-corrected chi connectivity index (χ2v) is 13.2. The maximum Gasteiger partial charge on any atom is 0.254 e. The standard InChI is InChI=1S/C37H41N5O/c1-26-39-34-11-5-6-13-35(34)42(26)30-24-28-14-15-29(25-30)41(28)23-19-37(27-8-3-2-4-9-27)17-21-40(22-18-37)36(43)32-10-7-12-33-31(32)16-20-38-33/h2-13,16,20,28-30,38H,14-15,17-19,21-25H2,1H3/t28-,29+,30?. The number of aromatic amines is 1. The van der Waals surface area contributed by atoms with Crippen molar-refractivity contribution in [3.8, 4) is 0 Å². The van der Waals surface area contributed by atoms with Gasteiger partial charge in [0, 0.05) is 53.9 Å². The Morgan fingerprint density at radius 2 is 1.63 bits per heavy atom. The zero-order valence-corrected chi connectivity index (χ0v) is 25.1. The molecule has 3 aliphatic heterocycles. The number of rotatable bonds is 6. The molecule has 0 radical (unpaired) electrons. The fourth-order valence-electron chi connectivity index (χ4n) is 8.85. The molecule has 2 bridgehead atoms. The van der Waals surface area contributed by atoms with E-state index in [9.17, 15) is 4.79 Å². The Labute approximate surface area is 253 Å². The van der Waals surface area contributed by atoms with Crippen LogP contribution in [0.5, 0.6) is 0 Å².